The Kier molecular flexibility index (Phi) is 25.6. The van der Waals surface area contributed by atoms with E-state index in [0.717, 1.165) is 22.6 Å². The van der Waals surface area contributed by atoms with Gasteiger partial charge in [0.05, 0.1) is 18.4 Å². The lowest BCUT2D eigenvalue weighted by atomic mass is 9.78. The highest BCUT2D eigenvalue weighted by Crippen LogP contribution is 2.45. The second-order valence-electron chi connectivity index (χ2n) is 28.3. The number of hydrogen-bond acceptors (Lipinski definition) is 11. The molecule has 4 saturated carbocycles. The molecule has 0 aromatic carbocycles. The van der Waals surface area contributed by atoms with Crippen molar-refractivity contribution < 1.29 is 79.1 Å². The van der Waals surface area contributed by atoms with Crippen LogP contribution in [0.4, 0.5) is 26.3 Å². The van der Waals surface area contributed by atoms with E-state index in [1.807, 2.05) is 0 Å². The molecule has 3 saturated heterocycles. The fourth-order valence-electron chi connectivity index (χ4n) is 15.3. The average molecular weight is 1360 g/mol. The summed E-state index contributed by atoms with van der Waals surface area (Å²) < 4.78 is 83.4. The van der Waals surface area contributed by atoms with Gasteiger partial charge in [-0.25, -0.2) is 0 Å². The Balaban J connectivity index is 1.21. The van der Waals surface area contributed by atoms with Crippen LogP contribution >= 0.6 is 11.6 Å². The first kappa shape index (κ1) is 75.4. The van der Waals surface area contributed by atoms with Gasteiger partial charge in [-0.3, -0.25) is 52.7 Å². The summed E-state index contributed by atoms with van der Waals surface area (Å²) in [4.78, 5) is 167. The Bertz CT molecular complexity index is 2760. The fraction of sp³-hybridized carbons (Fsp3) is 0.831. The van der Waals surface area contributed by atoms with Crippen LogP contribution in [0.2, 0.25) is 0 Å². The zero-order chi connectivity index (χ0) is 69.5. The van der Waals surface area contributed by atoms with Crippen molar-refractivity contribution >= 4 is 76.6 Å². The van der Waals surface area contributed by atoms with E-state index in [1.165, 1.54) is 61.6 Å². The molecule has 5 N–H and O–H groups in total. The lowest BCUT2D eigenvalue weighted by Crippen LogP contribution is -2.65. The first-order valence-corrected chi connectivity index (χ1v) is 34.5. The number of amides is 11. The van der Waals surface area contributed by atoms with Crippen molar-refractivity contribution in [3.8, 4) is 0 Å². The van der Waals surface area contributed by atoms with Crippen molar-refractivity contribution in [2.24, 2.45) is 35.5 Å². The standard InChI is InChI=1S/C65H100ClF6N11O11/c1-10-36(2)52-61(93)80(8)39(5)58(90)83-31-27-49(83)55(87)75-47(34-41-19-23-43(24-20-41)64(67,68)69)59(91)78(6)35-50(84)74-46(26-22-40-21-25-44(45(66)33-40)65(70,71)72)60(92)82-30-15-18-48(82)56(88)77-63(28-13-14-29-63)62(94)81(9)53(42-16-11-12-17-42)57(89)73-37(3)32-51(85)79(7)38(4)54(86)76-52/h36-49,52-53H,10-35H2,1-9H3,(H,73,89)(H,74,84)(H,75,87)(H,76,86)(H,77,88)/t36-,37+,38-,39-,40?,41?,43?,44?,45?,46-,47-,48-,49-,52-,53-/m0/s1. The molecule has 4 aliphatic carbocycles. The Morgan fingerprint density at radius 1 is 0.574 bits per heavy atom. The summed E-state index contributed by atoms with van der Waals surface area (Å²) in [6.45, 7) is 7.46. The SMILES string of the molecule is CC[C@H](C)[C@@H]1NC(=O)[C@H](C)N(C)C(=O)C[C@@H](C)NC(=O)[C@H](C2CCCC2)N(C)C(=O)C2(CCCC2)NC(=O)[C@@H]2CCCN2C(=O)[C@H](CCC2CCC(C(F)(F)F)C(Cl)C2)NC(=O)CN(C)C(=O)[C@H](CC2CCC(C(F)(F)F)CC2)NC(=O)[C@@H]2CCN2C(=O)[C@H](C)N(C)C1=O. The molecule has 3 heterocycles. The molecule has 1 spiro atoms. The molecule has 22 nitrogen and oxygen atoms in total. The van der Waals surface area contributed by atoms with Gasteiger partial charge in [0.2, 0.25) is 65.0 Å². The molecule has 530 valence electrons. The van der Waals surface area contributed by atoms with Crippen LogP contribution in [0.15, 0.2) is 0 Å². The topological polar surface area (TPSA) is 267 Å². The van der Waals surface area contributed by atoms with Crippen LogP contribution in [0.1, 0.15) is 182 Å². The van der Waals surface area contributed by atoms with Crippen LogP contribution in [0.25, 0.3) is 0 Å². The molecule has 7 fully saturated rings. The molecule has 13 atom stereocenters. The van der Waals surface area contributed by atoms with Gasteiger partial charge < -0.3 is 56.0 Å². The van der Waals surface area contributed by atoms with E-state index in [9.17, 15) is 69.5 Å². The van der Waals surface area contributed by atoms with Crippen molar-refractivity contribution in [1.82, 2.24) is 56.0 Å². The lowest BCUT2D eigenvalue weighted by Gasteiger charge is -2.43. The molecule has 0 aromatic heterocycles. The molecular weight excluding hydrogens is 1260 g/mol. The van der Waals surface area contributed by atoms with Crippen LogP contribution in [0.5, 0.6) is 0 Å². The monoisotopic (exact) mass is 1360 g/mol. The van der Waals surface area contributed by atoms with E-state index in [-0.39, 0.29) is 115 Å². The van der Waals surface area contributed by atoms with Crippen molar-refractivity contribution in [1.29, 1.82) is 0 Å². The molecular formula is C65H100ClF6N11O11. The van der Waals surface area contributed by atoms with Gasteiger partial charge in [-0.05, 0) is 154 Å². The number of likely N-dealkylation sites (N-methyl/N-ethyl adjacent to an activating group) is 4. The minimum absolute atomic E-state index is 0.0385. The lowest BCUT2D eigenvalue weighted by molar-refractivity contribution is -0.184. The van der Waals surface area contributed by atoms with E-state index in [0.29, 0.717) is 38.5 Å². The van der Waals surface area contributed by atoms with E-state index in [1.54, 1.807) is 20.8 Å². The highest BCUT2D eigenvalue weighted by Gasteiger charge is 2.52. The number of hydrogen-bond donors (Lipinski definition) is 5. The molecule has 3 unspecified atom stereocenters. The van der Waals surface area contributed by atoms with Gasteiger partial charge >= 0.3 is 12.4 Å². The number of carbonyl (C=O) groups is 11. The quantitative estimate of drug-likeness (QED) is 0.145. The third-order valence-corrected chi connectivity index (χ3v) is 22.3. The summed E-state index contributed by atoms with van der Waals surface area (Å²) in [6, 6.07) is -10.5. The normalized spacial score (nSPS) is 33.5. The average Bonchev–Trinajstić information content (AvgIpc) is 1.46. The molecule has 0 radical (unpaired) electrons. The maximum atomic E-state index is 15.2. The Morgan fingerprint density at radius 3 is 1.78 bits per heavy atom. The summed E-state index contributed by atoms with van der Waals surface area (Å²) in [5, 5.41) is 13.0. The first-order chi connectivity index (χ1) is 44.1. The van der Waals surface area contributed by atoms with E-state index >= 15 is 9.59 Å². The summed E-state index contributed by atoms with van der Waals surface area (Å²) >= 11 is 6.35. The van der Waals surface area contributed by atoms with Crippen LogP contribution in [0.3, 0.4) is 0 Å². The van der Waals surface area contributed by atoms with Crippen molar-refractivity contribution in [2.45, 2.75) is 260 Å². The zero-order valence-electron chi connectivity index (χ0n) is 55.9. The van der Waals surface area contributed by atoms with Crippen LogP contribution in [0, 0.1) is 35.5 Å². The van der Waals surface area contributed by atoms with E-state index in [2.05, 4.69) is 26.6 Å². The molecule has 29 heteroatoms. The van der Waals surface area contributed by atoms with Crippen molar-refractivity contribution in [2.75, 3.05) is 47.8 Å². The number of nitrogens with one attached hydrogen (secondary N) is 5. The number of halogens is 7. The highest BCUT2D eigenvalue weighted by atomic mass is 35.5. The van der Waals surface area contributed by atoms with Crippen LogP contribution in [-0.4, -0.2) is 220 Å². The first-order valence-electron chi connectivity index (χ1n) is 34.0. The summed E-state index contributed by atoms with van der Waals surface area (Å²) in [6.07, 6.45) is -4.59. The minimum atomic E-state index is -4.53. The molecule has 0 aromatic rings. The van der Waals surface area contributed by atoms with Crippen molar-refractivity contribution in [3.05, 3.63) is 0 Å². The Labute approximate surface area is 552 Å². The third kappa shape index (κ3) is 18.0. The van der Waals surface area contributed by atoms with Gasteiger partial charge in [-0.2, -0.15) is 26.3 Å². The Hall–Kier alpha value is -5.96. The molecule has 3 aliphatic heterocycles. The number of nitrogens with zero attached hydrogens (tertiary/aromatic N) is 6. The third-order valence-electron chi connectivity index (χ3n) is 21.9. The zero-order valence-corrected chi connectivity index (χ0v) is 56.7. The molecule has 0 bridgehead atoms. The predicted octanol–water partition coefficient (Wildman–Crippen LogP) is 5.71. The van der Waals surface area contributed by atoms with Gasteiger partial charge in [0.1, 0.15) is 53.9 Å². The van der Waals surface area contributed by atoms with E-state index < -0.39 is 179 Å². The summed E-state index contributed by atoms with van der Waals surface area (Å²) in [5.74, 6) is -12.4. The van der Waals surface area contributed by atoms with Gasteiger partial charge in [0.25, 0.3) is 0 Å². The van der Waals surface area contributed by atoms with Gasteiger partial charge in [-0.1, -0.05) is 46.0 Å². The second kappa shape index (κ2) is 31.9. The highest BCUT2D eigenvalue weighted by molar-refractivity contribution is 6.20. The number of fused-ring (bicyclic) bond motifs is 2. The van der Waals surface area contributed by atoms with Crippen LogP contribution in [-0.2, 0) is 52.7 Å². The number of rotatable bonds is 8. The predicted molar refractivity (Wildman–Crippen MR) is 334 cm³/mol. The van der Waals surface area contributed by atoms with Crippen LogP contribution < -0.4 is 26.6 Å². The number of carbonyl (C=O) groups excluding carboxylic acids is 11. The molecule has 7 rings (SSSR count). The molecule has 7 aliphatic rings. The van der Waals surface area contributed by atoms with Gasteiger partial charge in [0.15, 0.2) is 0 Å². The Morgan fingerprint density at radius 2 is 1.19 bits per heavy atom. The van der Waals surface area contributed by atoms with Gasteiger partial charge in [0, 0.05) is 59.1 Å². The smallest absolute Gasteiger partial charge is 0.351 e. The molecule has 94 heavy (non-hydrogen) atoms. The summed E-state index contributed by atoms with van der Waals surface area (Å²) in [5.41, 5.74) is -1.50. The maximum absolute atomic E-state index is 15.2. The minimum Gasteiger partial charge on any atom is -0.351 e. The maximum Gasteiger partial charge on any atom is 0.393 e. The molecule has 11 amide bonds. The van der Waals surface area contributed by atoms with E-state index in [4.69, 9.17) is 11.6 Å². The second-order valence-corrected chi connectivity index (χ2v) is 28.9. The fourth-order valence-corrected chi connectivity index (χ4v) is 15.9. The summed E-state index contributed by atoms with van der Waals surface area (Å²) in [7, 11) is 5.56. The van der Waals surface area contributed by atoms with Crippen molar-refractivity contribution in [3.63, 3.8) is 0 Å². The van der Waals surface area contributed by atoms with Gasteiger partial charge in [-0.15, -0.1) is 11.6 Å². The number of alkyl halides is 7. The largest absolute Gasteiger partial charge is 0.393 e.